The van der Waals surface area contributed by atoms with Crippen LogP contribution >= 0.6 is 0 Å². The van der Waals surface area contributed by atoms with Gasteiger partial charge < -0.3 is 10.2 Å². The lowest BCUT2D eigenvalue weighted by atomic mass is 10.1. The van der Waals surface area contributed by atoms with E-state index in [0.29, 0.717) is 23.8 Å². The summed E-state index contributed by atoms with van der Waals surface area (Å²) in [6, 6.07) is 17.4. The van der Waals surface area contributed by atoms with Crippen LogP contribution in [0.2, 0.25) is 0 Å². The number of benzene rings is 1. The van der Waals surface area contributed by atoms with E-state index in [4.69, 9.17) is 4.98 Å². The summed E-state index contributed by atoms with van der Waals surface area (Å²) < 4.78 is 1.68. The molecule has 33 heavy (non-hydrogen) atoms. The highest BCUT2D eigenvalue weighted by molar-refractivity contribution is 5.64. The van der Waals surface area contributed by atoms with Crippen molar-refractivity contribution in [2.24, 2.45) is 7.05 Å². The topological polar surface area (TPSA) is 66.3 Å². The molecule has 0 saturated carbocycles. The van der Waals surface area contributed by atoms with Crippen molar-refractivity contribution in [3.63, 3.8) is 0 Å². The van der Waals surface area contributed by atoms with E-state index in [0.717, 1.165) is 36.8 Å². The molecule has 1 aromatic carbocycles. The highest BCUT2D eigenvalue weighted by Gasteiger charge is 2.45. The fraction of sp³-hybridized carbons (Fsp3) is 0.423. The lowest BCUT2D eigenvalue weighted by Gasteiger charge is -2.37. The maximum absolute atomic E-state index is 12.9. The number of pyridine rings is 1. The predicted octanol–water partition coefficient (Wildman–Crippen LogP) is 3.69. The number of piperazine rings is 1. The van der Waals surface area contributed by atoms with Crippen LogP contribution < -0.4 is 15.8 Å². The van der Waals surface area contributed by atoms with Gasteiger partial charge in [-0.1, -0.05) is 30.3 Å². The lowest BCUT2D eigenvalue weighted by Crippen LogP contribution is -2.50. The van der Waals surface area contributed by atoms with E-state index >= 15 is 0 Å². The Balaban J connectivity index is 1.41. The van der Waals surface area contributed by atoms with Gasteiger partial charge in [0, 0.05) is 62.1 Å². The average molecular weight is 445 g/mol. The molecule has 2 unspecified atom stereocenters. The van der Waals surface area contributed by atoms with Gasteiger partial charge in [0.05, 0.1) is 5.69 Å². The number of hydrogen-bond donors (Lipinski definition) is 1. The molecular weight excluding hydrogens is 412 g/mol. The minimum absolute atomic E-state index is 0.0394. The Bertz CT molecular complexity index is 1190. The zero-order valence-corrected chi connectivity index (χ0v) is 19.8. The highest BCUT2D eigenvalue weighted by atomic mass is 16.1. The molecule has 3 atom stereocenters. The third-order valence-corrected chi connectivity index (χ3v) is 7.03. The van der Waals surface area contributed by atoms with Crippen LogP contribution in [0, 0.1) is 0 Å². The second-order valence-electron chi connectivity index (χ2n) is 9.53. The molecule has 0 amide bonds. The summed E-state index contributed by atoms with van der Waals surface area (Å²) >= 11 is 0. The first kappa shape index (κ1) is 21.6. The van der Waals surface area contributed by atoms with Crippen molar-refractivity contribution in [3.8, 4) is 11.3 Å². The van der Waals surface area contributed by atoms with Crippen molar-refractivity contribution in [2.75, 3.05) is 23.3 Å². The molecule has 3 aromatic rings. The largest absolute Gasteiger partial charge is 0.364 e. The zero-order chi connectivity index (χ0) is 23.1. The van der Waals surface area contributed by atoms with Crippen molar-refractivity contribution in [2.45, 2.75) is 51.4 Å². The van der Waals surface area contributed by atoms with Crippen LogP contribution in [-0.2, 0) is 7.05 Å². The standard InChI is InChI=1S/C26H32N6O/c1-17(2)31-15-22-13-21(31)16-32(22)26-29-23(14-25(33)30(26)4)20-10-11-27-24(12-20)28-18(3)19-8-6-5-7-9-19/h5-12,14,17-18,21-22H,13,15-16H2,1-4H3,(H,27,28)/t18-,21?,22?/m0/s1. The zero-order valence-electron chi connectivity index (χ0n) is 19.8. The first-order chi connectivity index (χ1) is 15.9. The van der Waals surface area contributed by atoms with Crippen molar-refractivity contribution in [3.05, 3.63) is 70.6 Å². The molecule has 0 aliphatic carbocycles. The highest BCUT2D eigenvalue weighted by Crippen LogP contribution is 2.35. The number of nitrogens with one attached hydrogen (secondary N) is 1. The number of nitrogens with zero attached hydrogens (tertiary/aromatic N) is 5. The van der Waals surface area contributed by atoms with Crippen LogP contribution in [0.4, 0.5) is 11.8 Å². The molecule has 5 rings (SSSR count). The Morgan fingerprint density at radius 3 is 2.52 bits per heavy atom. The molecule has 1 N–H and O–H groups in total. The maximum Gasteiger partial charge on any atom is 0.255 e. The van der Waals surface area contributed by atoms with E-state index in [1.54, 1.807) is 16.8 Å². The van der Waals surface area contributed by atoms with Gasteiger partial charge in [0.15, 0.2) is 0 Å². The minimum Gasteiger partial charge on any atom is -0.364 e. The number of aromatic nitrogens is 3. The Hall–Kier alpha value is -3.19. The quantitative estimate of drug-likeness (QED) is 0.626. The third-order valence-electron chi connectivity index (χ3n) is 7.03. The molecule has 2 saturated heterocycles. The van der Waals surface area contributed by atoms with Gasteiger partial charge >= 0.3 is 0 Å². The summed E-state index contributed by atoms with van der Waals surface area (Å²) in [5, 5.41) is 3.46. The number of likely N-dealkylation sites (tertiary alicyclic amines) is 1. The van der Waals surface area contributed by atoms with Gasteiger partial charge in [-0.25, -0.2) is 9.97 Å². The average Bonchev–Trinajstić information content (AvgIpc) is 3.43. The number of anilines is 2. The van der Waals surface area contributed by atoms with Crippen molar-refractivity contribution >= 4 is 11.8 Å². The van der Waals surface area contributed by atoms with Gasteiger partial charge in [-0.15, -0.1) is 0 Å². The number of rotatable bonds is 6. The molecule has 172 valence electrons. The molecule has 2 fully saturated rings. The van der Waals surface area contributed by atoms with Crippen molar-refractivity contribution in [1.82, 2.24) is 19.4 Å². The molecule has 2 aliphatic heterocycles. The van der Waals surface area contributed by atoms with Crippen LogP contribution in [0.15, 0.2) is 59.5 Å². The summed E-state index contributed by atoms with van der Waals surface area (Å²) in [6.45, 7) is 8.58. The van der Waals surface area contributed by atoms with E-state index in [1.165, 1.54) is 5.56 Å². The number of hydrogen-bond acceptors (Lipinski definition) is 6. The lowest BCUT2D eigenvalue weighted by molar-refractivity contribution is 0.190. The Morgan fingerprint density at radius 2 is 1.82 bits per heavy atom. The molecule has 2 bridgehead atoms. The Morgan fingerprint density at radius 1 is 1.03 bits per heavy atom. The van der Waals surface area contributed by atoms with Crippen LogP contribution in [0.1, 0.15) is 38.8 Å². The van der Waals surface area contributed by atoms with Gasteiger partial charge in [0.25, 0.3) is 5.56 Å². The van der Waals surface area contributed by atoms with Gasteiger partial charge in [-0.05, 0) is 44.9 Å². The van der Waals surface area contributed by atoms with Gasteiger partial charge in [-0.3, -0.25) is 14.3 Å². The van der Waals surface area contributed by atoms with Crippen molar-refractivity contribution in [1.29, 1.82) is 0 Å². The van der Waals surface area contributed by atoms with Gasteiger partial charge in [-0.2, -0.15) is 0 Å². The maximum atomic E-state index is 12.9. The predicted molar refractivity (Wildman–Crippen MR) is 133 cm³/mol. The SMILES string of the molecule is CC(C)N1CC2CC1CN2c1nc(-c2ccnc(N[C@@H](C)c3ccccc3)c2)cc(=O)n1C. The van der Waals surface area contributed by atoms with Crippen LogP contribution in [0.3, 0.4) is 0 Å². The second kappa shape index (κ2) is 8.63. The minimum atomic E-state index is -0.0394. The van der Waals surface area contributed by atoms with Gasteiger partial charge in [0.2, 0.25) is 5.95 Å². The first-order valence-electron chi connectivity index (χ1n) is 11.8. The fourth-order valence-electron chi connectivity index (χ4n) is 5.22. The summed E-state index contributed by atoms with van der Waals surface area (Å²) in [5.74, 6) is 1.53. The molecule has 7 nitrogen and oxygen atoms in total. The molecule has 4 heterocycles. The van der Waals surface area contributed by atoms with Crippen LogP contribution in [-0.4, -0.2) is 50.7 Å². The van der Waals surface area contributed by atoms with Gasteiger partial charge in [0.1, 0.15) is 5.82 Å². The molecule has 0 radical (unpaired) electrons. The molecule has 2 aromatic heterocycles. The normalized spacial score (nSPS) is 21.1. The fourth-order valence-corrected chi connectivity index (χ4v) is 5.22. The van der Waals surface area contributed by atoms with E-state index in [2.05, 4.69) is 53.0 Å². The molecule has 2 aliphatic rings. The Labute approximate surface area is 195 Å². The Kier molecular flexibility index (Phi) is 5.66. The molecular formula is C26H32N6O. The third kappa shape index (κ3) is 4.13. The summed E-state index contributed by atoms with van der Waals surface area (Å²) in [5.41, 5.74) is 2.73. The van der Waals surface area contributed by atoms with E-state index in [9.17, 15) is 4.79 Å². The van der Waals surface area contributed by atoms with E-state index < -0.39 is 0 Å². The van der Waals surface area contributed by atoms with Crippen LogP contribution in [0.5, 0.6) is 0 Å². The van der Waals surface area contributed by atoms with Crippen LogP contribution in [0.25, 0.3) is 11.3 Å². The second-order valence-corrected chi connectivity index (χ2v) is 9.53. The smallest absolute Gasteiger partial charge is 0.255 e. The summed E-state index contributed by atoms with van der Waals surface area (Å²) in [4.78, 5) is 27.2. The molecule has 7 heteroatoms. The molecule has 0 spiro atoms. The summed E-state index contributed by atoms with van der Waals surface area (Å²) in [6.07, 6.45) is 2.91. The van der Waals surface area contributed by atoms with Crippen molar-refractivity contribution < 1.29 is 0 Å². The van der Waals surface area contributed by atoms with E-state index in [-0.39, 0.29) is 11.6 Å². The monoisotopic (exact) mass is 444 g/mol. The first-order valence-corrected chi connectivity index (χ1v) is 11.8. The number of fused-ring (bicyclic) bond motifs is 2. The summed E-state index contributed by atoms with van der Waals surface area (Å²) in [7, 11) is 1.82. The van der Waals surface area contributed by atoms with E-state index in [1.807, 2.05) is 37.4 Å².